The van der Waals surface area contributed by atoms with Crippen molar-refractivity contribution >= 4 is 17.6 Å². The first-order valence-electron chi connectivity index (χ1n) is 8.46. The van der Waals surface area contributed by atoms with Crippen molar-refractivity contribution in [1.82, 2.24) is 0 Å². The molecule has 0 spiro atoms. The van der Waals surface area contributed by atoms with Gasteiger partial charge in [0.1, 0.15) is 11.5 Å². The van der Waals surface area contributed by atoms with E-state index in [1.54, 1.807) is 62.6 Å². The van der Waals surface area contributed by atoms with Crippen molar-refractivity contribution in [2.45, 2.75) is 26.4 Å². The lowest BCUT2D eigenvalue weighted by atomic mass is 10.2. The molecule has 0 saturated heterocycles. The highest BCUT2D eigenvalue weighted by Crippen LogP contribution is 2.20. The van der Waals surface area contributed by atoms with Crippen molar-refractivity contribution in [2.75, 3.05) is 19.0 Å². The Kier molecular flexibility index (Phi) is 7.02. The molecule has 0 aliphatic heterocycles. The molecule has 26 heavy (non-hydrogen) atoms. The average Bonchev–Trinajstić information content (AvgIpc) is 2.67. The Morgan fingerprint density at radius 1 is 0.962 bits per heavy atom. The van der Waals surface area contributed by atoms with Gasteiger partial charge in [0.25, 0.3) is 5.91 Å². The van der Waals surface area contributed by atoms with Gasteiger partial charge >= 0.3 is 5.97 Å². The number of rotatable bonds is 8. The Hall–Kier alpha value is -3.02. The minimum Gasteiger partial charge on any atom is -0.497 e. The van der Waals surface area contributed by atoms with Crippen LogP contribution in [-0.4, -0.2) is 31.7 Å². The third kappa shape index (κ3) is 5.24. The summed E-state index contributed by atoms with van der Waals surface area (Å²) < 4.78 is 15.8. The molecule has 2 aromatic carbocycles. The second-order valence-electron chi connectivity index (χ2n) is 5.48. The topological polar surface area (TPSA) is 73.9 Å². The minimum absolute atomic E-state index is 0.257. The maximum absolute atomic E-state index is 12.4. The first-order valence-corrected chi connectivity index (χ1v) is 8.46. The first-order chi connectivity index (χ1) is 12.6. The van der Waals surface area contributed by atoms with E-state index in [0.717, 1.165) is 5.75 Å². The SMILES string of the molecule is CCOC(=O)c1ccc(NC(=O)[C@@H](CC)Oc2ccc(OC)cc2)cc1. The summed E-state index contributed by atoms with van der Waals surface area (Å²) >= 11 is 0. The van der Waals surface area contributed by atoms with Crippen LogP contribution in [0.2, 0.25) is 0 Å². The van der Waals surface area contributed by atoms with Crippen LogP contribution in [0.3, 0.4) is 0 Å². The van der Waals surface area contributed by atoms with Gasteiger partial charge in [-0.15, -0.1) is 0 Å². The molecule has 138 valence electrons. The predicted octanol–water partition coefficient (Wildman–Crippen LogP) is 3.67. The van der Waals surface area contributed by atoms with Crippen molar-refractivity contribution in [3.63, 3.8) is 0 Å². The predicted molar refractivity (Wildman–Crippen MR) is 98.7 cm³/mol. The number of benzene rings is 2. The Labute approximate surface area is 153 Å². The van der Waals surface area contributed by atoms with Crippen molar-refractivity contribution in [3.8, 4) is 11.5 Å². The maximum atomic E-state index is 12.4. The molecule has 0 radical (unpaired) electrons. The van der Waals surface area contributed by atoms with Crippen LogP contribution in [0.4, 0.5) is 5.69 Å². The number of nitrogens with one attached hydrogen (secondary N) is 1. The Morgan fingerprint density at radius 2 is 1.58 bits per heavy atom. The van der Waals surface area contributed by atoms with E-state index in [2.05, 4.69) is 5.32 Å². The van der Waals surface area contributed by atoms with E-state index in [9.17, 15) is 9.59 Å². The van der Waals surface area contributed by atoms with Crippen molar-refractivity contribution in [1.29, 1.82) is 0 Å². The van der Waals surface area contributed by atoms with Crippen LogP contribution in [-0.2, 0) is 9.53 Å². The number of esters is 1. The molecule has 0 fully saturated rings. The van der Waals surface area contributed by atoms with Crippen molar-refractivity contribution in [2.24, 2.45) is 0 Å². The zero-order chi connectivity index (χ0) is 18.9. The van der Waals surface area contributed by atoms with Crippen LogP contribution in [0, 0.1) is 0 Å². The summed E-state index contributed by atoms with van der Waals surface area (Å²) in [7, 11) is 1.59. The lowest BCUT2D eigenvalue weighted by Gasteiger charge is -2.17. The number of hydrogen-bond donors (Lipinski definition) is 1. The summed E-state index contributed by atoms with van der Waals surface area (Å²) in [6, 6.07) is 13.6. The lowest BCUT2D eigenvalue weighted by molar-refractivity contribution is -0.122. The van der Waals surface area contributed by atoms with Gasteiger partial charge in [-0.1, -0.05) is 6.92 Å². The number of hydrogen-bond acceptors (Lipinski definition) is 5. The molecule has 0 aliphatic rings. The molecule has 0 bridgehead atoms. The summed E-state index contributed by atoms with van der Waals surface area (Å²) in [6.07, 6.45) is -0.119. The van der Waals surface area contributed by atoms with Gasteiger partial charge in [0, 0.05) is 5.69 Å². The van der Waals surface area contributed by atoms with E-state index in [4.69, 9.17) is 14.2 Å². The molecule has 0 heterocycles. The lowest BCUT2D eigenvalue weighted by Crippen LogP contribution is -2.32. The van der Waals surface area contributed by atoms with Crippen LogP contribution >= 0.6 is 0 Å². The largest absolute Gasteiger partial charge is 0.497 e. The Bertz CT molecular complexity index is 725. The molecule has 1 atom stereocenters. The molecular weight excluding hydrogens is 334 g/mol. The van der Waals surface area contributed by atoms with Crippen LogP contribution in [0.25, 0.3) is 0 Å². The molecule has 0 saturated carbocycles. The Morgan fingerprint density at radius 3 is 2.12 bits per heavy atom. The molecule has 0 aliphatic carbocycles. The number of carbonyl (C=O) groups is 2. The summed E-state index contributed by atoms with van der Waals surface area (Å²) in [5.41, 5.74) is 1.02. The van der Waals surface area contributed by atoms with E-state index < -0.39 is 6.10 Å². The van der Waals surface area contributed by atoms with E-state index in [0.29, 0.717) is 30.0 Å². The maximum Gasteiger partial charge on any atom is 0.338 e. The van der Waals surface area contributed by atoms with E-state index in [1.807, 2.05) is 6.92 Å². The van der Waals surface area contributed by atoms with Crippen LogP contribution in [0.15, 0.2) is 48.5 Å². The standard InChI is InChI=1S/C20H23NO5/c1-4-18(26-17-12-10-16(24-3)11-13-17)19(22)21-15-8-6-14(7-9-15)20(23)25-5-2/h6-13,18H,4-5H2,1-3H3,(H,21,22)/t18-/m1/s1. The monoisotopic (exact) mass is 357 g/mol. The van der Waals surface area contributed by atoms with Gasteiger partial charge in [-0.3, -0.25) is 4.79 Å². The summed E-state index contributed by atoms with van der Waals surface area (Å²) in [6.45, 7) is 3.94. The second-order valence-corrected chi connectivity index (χ2v) is 5.48. The molecule has 0 aromatic heterocycles. The van der Waals surface area contributed by atoms with Gasteiger partial charge in [-0.05, 0) is 61.9 Å². The van der Waals surface area contributed by atoms with Gasteiger partial charge in [0.05, 0.1) is 19.3 Å². The molecule has 6 nitrogen and oxygen atoms in total. The van der Waals surface area contributed by atoms with Gasteiger partial charge in [0.15, 0.2) is 6.10 Å². The first kappa shape index (κ1) is 19.3. The summed E-state index contributed by atoms with van der Waals surface area (Å²) in [4.78, 5) is 24.1. The summed E-state index contributed by atoms with van der Waals surface area (Å²) in [5, 5.41) is 2.79. The fraction of sp³-hybridized carbons (Fsp3) is 0.300. The highest BCUT2D eigenvalue weighted by molar-refractivity contribution is 5.95. The fourth-order valence-corrected chi connectivity index (χ4v) is 2.27. The Balaban J connectivity index is 1.98. The third-order valence-corrected chi connectivity index (χ3v) is 3.66. The number of carbonyl (C=O) groups excluding carboxylic acids is 2. The van der Waals surface area contributed by atoms with Gasteiger partial charge in [-0.25, -0.2) is 4.79 Å². The average molecular weight is 357 g/mol. The normalized spacial score (nSPS) is 11.3. The van der Waals surface area contributed by atoms with Crippen molar-refractivity contribution < 1.29 is 23.8 Å². The van der Waals surface area contributed by atoms with Crippen LogP contribution < -0.4 is 14.8 Å². The highest BCUT2D eigenvalue weighted by atomic mass is 16.5. The van der Waals surface area contributed by atoms with Gasteiger partial charge < -0.3 is 19.5 Å². The number of anilines is 1. The smallest absolute Gasteiger partial charge is 0.338 e. The molecule has 6 heteroatoms. The molecule has 2 rings (SSSR count). The van der Waals surface area contributed by atoms with Crippen LogP contribution in [0.1, 0.15) is 30.6 Å². The van der Waals surface area contributed by atoms with Gasteiger partial charge in [0.2, 0.25) is 0 Å². The molecule has 1 amide bonds. The second kappa shape index (κ2) is 9.46. The number of ether oxygens (including phenoxy) is 3. The zero-order valence-corrected chi connectivity index (χ0v) is 15.2. The molecule has 2 aromatic rings. The van der Waals surface area contributed by atoms with Crippen LogP contribution in [0.5, 0.6) is 11.5 Å². The minimum atomic E-state index is -0.631. The zero-order valence-electron chi connectivity index (χ0n) is 15.2. The fourth-order valence-electron chi connectivity index (χ4n) is 2.27. The summed E-state index contributed by atoms with van der Waals surface area (Å²) in [5.74, 6) is 0.661. The van der Waals surface area contributed by atoms with Gasteiger partial charge in [-0.2, -0.15) is 0 Å². The van der Waals surface area contributed by atoms with Crippen molar-refractivity contribution in [3.05, 3.63) is 54.1 Å². The van der Waals surface area contributed by atoms with E-state index in [1.165, 1.54) is 0 Å². The highest BCUT2D eigenvalue weighted by Gasteiger charge is 2.19. The number of amides is 1. The molecule has 1 N–H and O–H groups in total. The molecule has 0 unspecified atom stereocenters. The quantitative estimate of drug-likeness (QED) is 0.730. The van der Waals surface area contributed by atoms with E-state index >= 15 is 0 Å². The molecular formula is C20H23NO5. The van der Waals surface area contributed by atoms with E-state index in [-0.39, 0.29) is 11.9 Å². The number of methoxy groups -OCH3 is 1. The third-order valence-electron chi connectivity index (χ3n) is 3.66.